The molecule has 2 aromatic rings. The number of rotatable bonds is 5. The molecule has 0 aliphatic carbocycles. The van der Waals surface area contributed by atoms with Gasteiger partial charge in [0, 0.05) is 19.8 Å². The van der Waals surface area contributed by atoms with Crippen LogP contribution in [0.1, 0.15) is 23.9 Å². The summed E-state index contributed by atoms with van der Waals surface area (Å²) in [6.45, 7) is 7.68. The minimum absolute atomic E-state index is 0.755. The number of ether oxygens (including phenoxy) is 1. The lowest BCUT2D eigenvalue weighted by Crippen LogP contribution is -2.13. The molecule has 102 valence electrons. The Bertz CT molecular complexity index is 563. The van der Waals surface area contributed by atoms with Crippen LogP contribution in [0.5, 0.6) is 11.6 Å². The van der Waals surface area contributed by atoms with E-state index < -0.39 is 0 Å². The molecule has 0 aliphatic heterocycles. The summed E-state index contributed by atoms with van der Waals surface area (Å²) in [4.78, 5) is 4.23. The highest BCUT2D eigenvalue weighted by atomic mass is 16.5. The highest BCUT2D eigenvalue weighted by Crippen LogP contribution is 2.28. The maximum atomic E-state index is 5.99. The second-order valence-corrected chi connectivity index (χ2v) is 4.46. The van der Waals surface area contributed by atoms with Gasteiger partial charge in [0.05, 0.1) is 17.0 Å². The Morgan fingerprint density at radius 2 is 2.11 bits per heavy atom. The third-order valence-electron chi connectivity index (χ3n) is 3.01. The van der Waals surface area contributed by atoms with Crippen molar-refractivity contribution in [3.63, 3.8) is 0 Å². The summed E-state index contributed by atoms with van der Waals surface area (Å²) in [7, 11) is 1.89. The van der Waals surface area contributed by atoms with Gasteiger partial charge in [-0.2, -0.15) is 5.10 Å². The quantitative estimate of drug-likeness (QED) is 0.896. The fourth-order valence-electron chi connectivity index (χ4n) is 1.94. The first-order chi connectivity index (χ1) is 9.13. The normalized spacial score (nSPS) is 10.7. The minimum atomic E-state index is 0.755. The van der Waals surface area contributed by atoms with E-state index in [1.54, 1.807) is 10.9 Å². The van der Waals surface area contributed by atoms with Gasteiger partial charge >= 0.3 is 0 Å². The summed E-state index contributed by atoms with van der Waals surface area (Å²) >= 11 is 0. The Morgan fingerprint density at radius 1 is 1.32 bits per heavy atom. The molecule has 0 bridgehead atoms. The Labute approximate surface area is 113 Å². The first-order valence-electron chi connectivity index (χ1n) is 6.46. The first-order valence-corrected chi connectivity index (χ1v) is 6.46. The van der Waals surface area contributed by atoms with Gasteiger partial charge in [-0.15, -0.1) is 0 Å². The molecule has 0 unspecified atom stereocenters. The van der Waals surface area contributed by atoms with Crippen molar-refractivity contribution >= 4 is 0 Å². The number of aromatic nitrogens is 3. The number of nitrogens with zero attached hydrogens (tertiary/aromatic N) is 3. The van der Waals surface area contributed by atoms with Crippen molar-refractivity contribution in [1.29, 1.82) is 0 Å². The average molecular weight is 260 g/mol. The molecule has 2 heterocycles. The van der Waals surface area contributed by atoms with E-state index in [0.29, 0.717) is 0 Å². The fourth-order valence-corrected chi connectivity index (χ4v) is 1.94. The molecule has 0 saturated carbocycles. The lowest BCUT2D eigenvalue weighted by molar-refractivity contribution is 0.419. The van der Waals surface area contributed by atoms with Crippen molar-refractivity contribution in [2.24, 2.45) is 7.05 Å². The van der Waals surface area contributed by atoms with Gasteiger partial charge in [0.2, 0.25) is 5.88 Å². The number of hydrogen-bond donors (Lipinski definition) is 1. The zero-order chi connectivity index (χ0) is 13.8. The van der Waals surface area contributed by atoms with Crippen LogP contribution in [-0.2, 0) is 13.6 Å². The molecule has 0 amide bonds. The van der Waals surface area contributed by atoms with Crippen LogP contribution in [0.15, 0.2) is 18.3 Å². The Balaban J connectivity index is 2.31. The second-order valence-electron chi connectivity index (χ2n) is 4.46. The molecule has 5 nitrogen and oxygen atoms in total. The van der Waals surface area contributed by atoms with Gasteiger partial charge in [0.25, 0.3) is 0 Å². The molecule has 0 aromatic carbocycles. The summed E-state index contributed by atoms with van der Waals surface area (Å²) in [6, 6.07) is 3.79. The van der Waals surface area contributed by atoms with Gasteiger partial charge in [-0.3, -0.25) is 4.98 Å². The zero-order valence-electron chi connectivity index (χ0n) is 11.9. The topological polar surface area (TPSA) is 52.0 Å². The largest absolute Gasteiger partial charge is 0.437 e. The van der Waals surface area contributed by atoms with Gasteiger partial charge in [-0.05, 0) is 32.5 Å². The summed E-state index contributed by atoms with van der Waals surface area (Å²) < 4.78 is 7.76. The molecule has 0 spiro atoms. The maximum absolute atomic E-state index is 5.99. The molecule has 0 atom stereocenters. The number of aryl methyl sites for hydroxylation is 3. The van der Waals surface area contributed by atoms with Crippen molar-refractivity contribution in [2.45, 2.75) is 27.3 Å². The highest BCUT2D eigenvalue weighted by Gasteiger charge is 2.15. The van der Waals surface area contributed by atoms with Crippen LogP contribution < -0.4 is 10.1 Å². The van der Waals surface area contributed by atoms with Crippen LogP contribution in [0.25, 0.3) is 0 Å². The summed E-state index contributed by atoms with van der Waals surface area (Å²) in [6.07, 6.45) is 1.76. The third-order valence-corrected chi connectivity index (χ3v) is 3.01. The summed E-state index contributed by atoms with van der Waals surface area (Å²) in [5.74, 6) is 1.54. The molecule has 2 rings (SSSR count). The standard InChI is InChI=1S/C14H20N4O/c1-5-15-9-12-10(2)17-18(4)14(12)19-13-7-6-8-16-11(13)3/h6-8,15H,5,9H2,1-4H3. The lowest BCUT2D eigenvalue weighted by Gasteiger charge is -2.10. The molecule has 2 aromatic heterocycles. The number of hydrogen-bond acceptors (Lipinski definition) is 4. The summed E-state index contributed by atoms with van der Waals surface area (Å²) in [5.41, 5.74) is 2.95. The highest BCUT2D eigenvalue weighted by molar-refractivity contribution is 5.36. The van der Waals surface area contributed by atoms with E-state index in [1.165, 1.54) is 0 Å². The molecule has 0 radical (unpaired) electrons. The molecule has 1 N–H and O–H groups in total. The Kier molecular flexibility index (Phi) is 4.16. The van der Waals surface area contributed by atoms with E-state index in [9.17, 15) is 0 Å². The van der Waals surface area contributed by atoms with Gasteiger partial charge in [-0.25, -0.2) is 4.68 Å². The van der Waals surface area contributed by atoms with Crippen molar-refractivity contribution in [3.8, 4) is 11.6 Å². The van der Waals surface area contributed by atoms with Crippen LogP contribution in [0.4, 0.5) is 0 Å². The monoisotopic (exact) mass is 260 g/mol. The Hall–Kier alpha value is -1.88. The van der Waals surface area contributed by atoms with Crippen LogP contribution in [0.2, 0.25) is 0 Å². The molecule has 0 saturated heterocycles. The lowest BCUT2D eigenvalue weighted by atomic mass is 10.2. The van der Waals surface area contributed by atoms with E-state index in [2.05, 4.69) is 22.3 Å². The SMILES string of the molecule is CCNCc1c(C)nn(C)c1Oc1cccnc1C. The van der Waals surface area contributed by atoms with Gasteiger partial charge in [-0.1, -0.05) is 6.92 Å². The third kappa shape index (κ3) is 2.93. The predicted molar refractivity (Wildman–Crippen MR) is 74.4 cm³/mol. The van der Waals surface area contributed by atoms with Crippen molar-refractivity contribution in [3.05, 3.63) is 35.3 Å². The molecule has 0 aliphatic rings. The zero-order valence-corrected chi connectivity index (χ0v) is 11.9. The average Bonchev–Trinajstić information content (AvgIpc) is 2.65. The number of nitrogens with one attached hydrogen (secondary N) is 1. The van der Waals surface area contributed by atoms with Crippen LogP contribution in [0.3, 0.4) is 0 Å². The first kappa shape index (κ1) is 13.5. The smallest absolute Gasteiger partial charge is 0.222 e. The van der Waals surface area contributed by atoms with Crippen LogP contribution in [-0.4, -0.2) is 21.3 Å². The summed E-state index contributed by atoms with van der Waals surface area (Å²) in [5, 5.41) is 7.73. The molecule has 5 heteroatoms. The van der Waals surface area contributed by atoms with E-state index in [1.807, 2.05) is 33.0 Å². The molecule has 0 fully saturated rings. The van der Waals surface area contributed by atoms with Gasteiger partial charge in [0.15, 0.2) is 5.75 Å². The molecular weight excluding hydrogens is 240 g/mol. The fraction of sp³-hybridized carbons (Fsp3) is 0.429. The van der Waals surface area contributed by atoms with E-state index >= 15 is 0 Å². The van der Waals surface area contributed by atoms with Crippen molar-refractivity contribution in [1.82, 2.24) is 20.1 Å². The number of pyridine rings is 1. The van der Waals surface area contributed by atoms with Crippen LogP contribution in [0, 0.1) is 13.8 Å². The predicted octanol–water partition coefficient (Wildman–Crippen LogP) is 2.33. The minimum Gasteiger partial charge on any atom is -0.437 e. The van der Waals surface area contributed by atoms with E-state index in [-0.39, 0.29) is 0 Å². The van der Waals surface area contributed by atoms with Gasteiger partial charge < -0.3 is 10.1 Å². The van der Waals surface area contributed by atoms with E-state index in [0.717, 1.165) is 41.7 Å². The van der Waals surface area contributed by atoms with Crippen LogP contribution >= 0.6 is 0 Å². The maximum Gasteiger partial charge on any atom is 0.222 e. The van der Waals surface area contributed by atoms with E-state index in [4.69, 9.17) is 4.74 Å². The second kappa shape index (κ2) is 5.84. The van der Waals surface area contributed by atoms with Crippen molar-refractivity contribution in [2.75, 3.05) is 6.54 Å². The molecule has 19 heavy (non-hydrogen) atoms. The molecular formula is C14H20N4O. The van der Waals surface area contributed by atoms with Crippen molar-refractivity contribution < 1.29 is 4.74 Å². The van der Waals surface area contributed by atoms with Gasteiger partial charge in [0.1, 0.15) is 0 Å². The Morgan fingerprint density at radius 3 is 2.79 bits per heavy atom.